The minimum atomic E-state index is -0.618. The van der Waals surface area contributed by atoms with Gasteiger partial charge < -0.3 is 10.6 Å². The van der Waals surface area contributed by atoms with E-state index in [0.717, 1.165) is 11.6 Å². The average Bonchev–Trinajstić information content (AvgIpc) is 2.56. The van der Waals surface area contributed by atoms with E-state index in [1.807, 2.05) is 19.1 Å². The van der Waals surface area contributed by atoms with Crippen LogP contribution in [0.4, 0.5) is 15.8 Å². The summed E-state index contributed by atoms with van der Waals surface area (Å²) >= 11 is 0. The first-order valence-electron chi connectivity index (χ1n) is 7.82. The van der Waals surface area contributed by atoms with E-state index < -0.39 is 11.7 Å². The molecule has 0 atom stereocenters. The van der Waals surface area contributed by atoms with E-state index in [4.69, 9.17) is 0 Å². The fourth-order valence-electron chi connectivity index (χ4n) is 2.23. The predicted octanol–water partition coefficient (Wildman–Crippen LogP) is 3.69. The summed E-state index contributed by atoms with van der Waals surface area (Å²) in [5.41, 5.74) is 1.92. The molecule has 0 saturated carbocycles. The Morgan fingerprint density at radius 1 is 0.960 bits per heavy atom. The lowest BCUT2D eigenvalue weighted by Gasteiger charge is -2.09. The maximum absolute atomic E-state index is 13.8. The molecule has 0 spiro atoms. The molecule has 5 nitrogen and oxygen atoms in total. The van der Waals surface area contributed by atoms with Crippen molar-refractivity contribution in [1.82, 2.24) is 0 Å². The molecule has 2 aromatic rings. The third kappa shape index (κ3) is 5.53. The van der Waals surface area contributed by atoms with Gasteiger partial charge in [-0.3, -0.25) is 14.4 Å². The Bertz CT molecular complexity index is 801. The fourth-order valence-corrected chi connectivity index (χ4v) is 2.23. The Hall–Kier alpha value is -3.02. The lowest BCUT2D eigenvalue weighted by atomic mass is 10.0. The number of nitrogens with one attached hydrogen (secondary N) is 2. The molecule has 0 radical (unpaired) electrons. The molecule has 2 amide bonds. The van der Waals surface area contributed by atoms with E-state index in [2.05, 4.69) is 10.6 Å². The predicted molar refractivity (Wildman–Crippen MR) is 94.1 cm³/mol. The maximum Gasteiger partial charge on any atom is 0.224 e. The topological polar surface area (TPSA) is 75.3 Å². The molecule has 0 aromatic heterocycles. The van der Waals surface area contributed by atoms with Gasteiger partial charge in [0.25, 0.3) is 0 Å². The number of benzene rings is 2. The molecule has 0 bridgehead atoms. The number of carbonyl (C=O) groups is 3. The van der Waals surface area contributed by atoms with Crippen LogP contribution in [0, 0.1) is 12.7 Å². The Morgan fingerprint density at radius 3 is 2.28 bits per heavy atom. The van der Waals surface area contributed by atoms with E-state index in [1.54, 1.807) is 12.1 Å². The van der Waals surface area contributed by atoms with Crippen molar-refractivity contribution in [2.75, 3.05) is 10.6 Å². The molecule has 2 N–H and O–H groups in total. The number of aryl methyl sites for hydroxylation is 1. The standard InChI is InChI=1S/C19H19FN2O3/c1-12-3-5-14(6-4-12)18(24)9-10-19(25)22-17-11-15(21-13(2)23)7-8-16(17)20/h3-8,11H,9-10H2,1-2H3,(H,21,23)(H,22,25). The van der Waals surface area contributed by atoms with Crippen LogP contribution in [0.5, 0.6) is 0 Å². The normalized spacial score (nSPS) is 10.2. The number of rotatable bonds is 6. The van der Waals surface area contributed by atoms with E-state index in [0.29, 0.717) is 11.3 Å². The van der Waals surface area contributed by atoms with Gasteiger partial charge in [-0.2, -0.15) is 0 Å². The number of halogens is 1. The number of ketones is 1. The molecule has 130 valence electrons. The van der Waals surface area contributed by atoms with Gasteiger partial charge in [0.1, 0.15) is 5.82 Å². The molecule has 0 aliphatic carbocycles. The summed E-state index contributed by atoms with van der Waals surface area (Å²) in [6.07, 6.45) is -0.0294. The van der Waals surface area contributed by atoms with E-state index in [-0.39, 0.29) is 30.2 Å². The summed E-state index contributed by atoms with van der Waals surface area (Å²) in [5, 5.41) is 4.93. The van der Waals surface area contributed by atoms with Gasteiger partial charge in [-0.15, -0.1) is 0 Å². The first-order valence-corrected chi connectivity index (χ1v) is 7.82. The molecule has 2 rings (SSSR count). The van der Waals surface area contributed by atoms with Gasteiger partial charge in [-0.1, -0.05) is 29.8 Å². The van der Waals surface area contributed by atoms with Crippen LogP contribution < -0.4 is 10.6 Å². The van der Waals surface area contributed by atoms with Crippen molar-refractivity contribution >= 4 is 29.0 Å². The first-order chi connectivity index (χ1) is 11.8. The summed E-state index contributed by atoms with van der Waals surface area (Å²) in [5.74, 6) is -1.54. The average molecular weight is 342 g/mol. The van der Waals surface area contributed by atoms with E-state index in [1.165, 1.54) is 19.1 Å². The summed E-state index contributed by atoms with van der Waals surface area (Å²) in [6, 6.07) is 11.0. The van der Waals surface area contributed by atoms with Crippen LogP contribution in [-0.4, -0.2) is 17.6 Å². The lowest BCUT2D eigenvalue weighted by molar-refractivity contribution is -0.116. The van der Waals surface area contributed by atoms with Gasteiger partial charge >= 0.3 is 0 Å². The van der Waals surface area contributed by atoms with Crippen LogP contribution in [0.3, 0.4) is 0 Å². The second kappa shape index (κ2) is 8.19. The summed E-state index contributed by atoms with van der Waals surface area (Å²) < 4.78 is 13.8. The first kappa shape index (κ1) is 18.3. The van der Waals surface area contributed by atoms with Crippen LogP contribution >= 0.6 is 0 Å². The highest BCUT2D eigenvalue weighted by molar-refractivity contribution is 6.00. The van der Waals surface area contributed by atoms with Crippen molar-refractivity contribution in [3.63, 3.8) is 0 Å². The fraction of sp³-hybridized carbons (Fsp3) is 0.211. The molecular weight excluding hydrogens is 323 g/mol. The zero-order chi connectivity index (χ0) is 18.4. The summed E-state index contributed by atoms with van der Waals surface area (Å²) in [6.45, 7) is 3.25. The number of Topliss-reactive ketones (excluding diaryl/α,β-unsaturated/α-hetero) is 1. The molecule has 0 fully saturated rings. The second-order valence-electron chi connectivity index (χ2n) is 5.71. The van der Waals surface area contributed by atoms with Crippen LogP contribution in [0.15, 0.2) is 42.5 Å². The Labute approximate surface area is 145 Å². The number of hydrogen-bond donors (Lipinski definition) is 2. The SMILES string of the molecule is CC(=O)Nc1ccc(F)c(NC(=O)CCC(=O)c2ccc(C)cc2)c1. The van der Waals surface area contributed by atoms with E-state index >= 15 is 0 Å². The molecule has 0 saturated heterocycles. The second-order valence-corrected chi connectivity index (χ2v) is 5.71. The minimum Gasteiger partial charge on any atom is -0.326 e. The third-order valence-electron chi connectivity index (χ3n) is 3.51. The molecule has 0 unspecified atom stereocenters. The Kier molecular flexibility index (Phi) is 6.00. The van der Waals surface area contributed by atoms with Crippen molar-refractivity contribution in [3.8, 4) is 0 Å². The summed E-state index contributed by atoms with van der Waals surface area (Å²) in [4.78, 5) is 35.1. The smallest absolute Gasteiger partial charge is 0.224 e. The van der Waals surface area contributed by atoms with Gasteiger partial charge in [0.2, 0.25) is 11.8 Å². The monoisotopic (exact) mass is 342 g/mol. The lowest BCUT2D eigenvalue weighted by Crippen LogP contribution is -2.15. The van der Waals surface area contributed by atoms with Crippen LogP contribution in [0.25, 0.3) is 0 Å². The van der Waals surface area contributed by atoms with Crippen LogP contribution in [0.2, 0.25) is 0 Å². The van der Waals surface area contributed by atoms with Crippen molar-refractivity contribution in [2.24, 2.45) is 0 Å². The number of anilines is 2. The quantitative estimate of drug-likeness (QED) is 0.786. The number of hydrogen-bond acceptors (Lipinski definition) is 3. The van der Waals surface area contributed by atoms with Crippen molar-refractivity contribution in [2.45, 2.75) is 26.7 Å². The van der Waals surface area contributed by atoms with Gasteiger partial charge in [-0.25, -0.2) is 4.39 Å². The Balaban J connectivity index is 1.94. The molecule has 0 heterocycles. The van der Waals surface area contributed by atoms with Crippen molar-refractivity contribution in [1.29, 1.82) is 0 Å². The molecule has 0 aliphatic rings. The van der Waals surface area contributed by atoms with Crippen molar-refractivity contribution in [3.05, 3.63) is 59.4 Å². The largest absolute Gasteiger partial charge is 0.326 e. The zero-order valence-corrected chi connectivity index (χ0v) is 14.1. The number of amides is 2. The Morgan fingerprint density at radius 2 is 1.64 bits per heavy atom. The molecule has 6 heteroatoms. The van der Waals surface area contributed by atoms with Gasteiger partial charge in [0, 0.05) is 31.0 Å². The third-order valence-corrected chi connectivity index (χ3v) is 3.51. The van der Waals surface area contributed by atoms with Crippen LogP contribution in [-0.2, 0) is 9.59 Å². The highest BCUT2D eigenvalue weighted by Gasteiger charge is 2.12. The highest BCUT2D eigenvalue weighted by atomic mass is 19.1. The van der Waals surface area contributed by atoms with Gasteiger partial charge in [0.15, 0.2) is 5.78 Å². The molecule has 25 heavy (non-hydrogen) atoms. The van der Waals surface area contributed by atoms with Crippen LogP contribution in [0.1, 0.15) is 35.7 Å². The van der Waals surface area contributed by atoms with Crippen molar-refractivity contribution < 1.29 is 18.8 Å². The van der Waals surface area contributed by atoms with Gasteiger partial charge in [0.05, 0.1) is 5.69 Å². The van der Waals surface area contributed by atoms with E-state index in [9.17, 15) is 18.8 Å². The molecule has 2 aromatic carbocycles. The number of carbonyl (C=O) groups excluding carboxylic acids is 3. The summed E-state index contributed by atoms with van der Waals surface area (Å²) in [7, 11) is 0. The maximum atomic E-state index is 13.8. The molecule has 0 aliphatic heterocycles. The highest BCUT2D eigenvalue weighted by Crippen LogP contribution is 2.20. The zero-order valence-electron chi connectivity index (χ0n) is 14.1. The van der Waals surface area contributed by atoms with Gasteiger partial charge in [-0.05, 0) is 25.1 Å². The minimum absolute atomic E-state index is 0.0297. The molecular formula is C19H19FN2O3.